The van der Waals surface area contributed by atoms with Crippen LogP contribution in [0.1, 0.15) is 45.6 Å². The summed E-state index contributed by atoms with van der Waals surface area (Å²) in [5, 5.41) is 3.06. The van der Waals surface area contributed by atoms with Crippen molar-refractivity contribution in [2.24, 2.45) is 0 Å². The molecule has 5 heteroatoms. The highest BCUT2D eigenvalue weighted by Crippen LogP contribution is 2.53. The summed E-state index contributed by atoms with van der Waals surface area (Å²) in [6, 6.07) is 8.00. The van der Waals surface area contributed by atoms with Crippen LogP contribution in [0.3, 0.4) is 0 Å². The van der Waals surface area contributed by atoms with E-state index in [4.69, 9.17) is 4.74 Å². The second-order valence-corrected chi connectivity index (χ2v) is 7.11. The number of hydrogen-bond donors (Lipinski definition) is 1. The maximum atomic E-state index is 12.9. The minimum Gasteiger partial charge on any atom is -0.466 e. The van der Waals surface area contributed by atoms with Crippen LogP contribution >= 0.6 is 0 Å². The molecule has 2 aliphatic rings. The summed E-state index contributed by atoms with van der Waals surface area (Å²) in [7, 11) is 0. The number of carbonyl (C=O) groups excluding carboxylic acids is 2. The molecule has 1 N–H and O–H groups in total. The van der Waals surface area contributed by atoms with Crippen molar-refractivity contribution < 1.29 is 14.3 Å². The normalized spacial score (nSPS) is 24.9. The Kier molecular flexibility index (Phi) is 4.38. The van der Waals surface area contributed by atoms with E-state index in [0.29, 0.717) is 13.0 Å². The van der Waals surface area contributed by atoms with E-state index in [1.54, 1.807) is 0 Å². The average molecular weight is 330 g/mol. The third-order valence-electron chi connectivity index (χ3n) is 5.73. The zero-order chi connectivity index (χ0) is 17.4. The van der Waals surface area contributed by atoms with Gasteiger partial charge >= 0.3 is 5.97 Å². The van der Waals surface area contributed by atoms with E-state index in [0.717, 1.165) is 37.2 Å². The molecule has 5 nitrogen and oxygen atoms in total. The van der Waals surface area contributed by atoms with Crippen LogP contribution in [0.4, 0.5) is 5.69 Å². The molecule has 1 amide bonds. The fourth-order valence-electron chi connectivity index (χ4n) is 4.37. The van der Waals surface area contributed by atoms with Crippen molar-refractivity contribution in [1.29, 1.82) is 0 Å². The van der Waals surface area contributed by atoms with E-state index < -0.39 is 5.41 Å². The number of rotatable bonds is 5. The highest BCUT2D eigenvalue weighted by atomic mass is 16.5. The molecule has 0 saturated carbocycles. The molecular weight excluding hydrogens is 304 g/mol. The minimum atomic E-state index is -0.506. The molecule has 1 fully saturated rings. The molecule has 0 radical (unpaired) electrons. The maximum Gasteiger partial charge on any atom is 0.305 e. The van der Waals surface area contributed by atoms with Crippen molar-refractivity contribution in [3.8, 4) is 0 Å². The first kappa shape index (κ1) is 17.0. The van der Waals surface area contributed by atoms with Gasteiger partial charge in [0, 0.05) is 24.2 Å². The largest absolute Gasteiger partial charge is 0.466 e. The number of esters is 1. The van der Waals surface area contributed by atoms with Crippen molar-refractivity contribution in [2.45, 2.75) is 51.0 Å². The van der Waals surface area contributed by atoms with Crippen LogP contribution in [0.15, 0.2) is 24.3 Å². The van der Waals surface area contributed by atoms with Crippen molar-refractivity contribution >= 4 is 17.6 Å². The van der Waals surface area contributed by atoms with Gasteiger partial charge in [0.15, 0.2) is 0 Å². The minimum absolute atomic E-state index is 0.0987. The third-order valence-corrected chi connectivity index (χ3v) is 5.73. The van der Waals surface area contributed by atoms with Gasteiger partial charge in [-0.25, -0.2) is 0 Å². The number of fused-ring (bicyclic) bond motifs is 2. The van der Waals surface area contributed by atoms with Gasteiger partial charge in [-0.05, 0) is 51.8 Å². The van der Waals surface area contributed by atoms with Gasteiger partial charge in [0.25, 0.3) is 0 Å². The van der Waals surface area contributed by atoms with E-state index in [9.17, 15) is 9.59 Å². The molecule has 1 aromatic rings. The summed E-state index contributed by atoms with van der Waals surface area (Å²) in [6.07, 6.45) is 1.99. The lowest BCUT2D eigenvalue weighted by Gasteiger charge is -2.41. The van der Waals surface area contributed by atoms with Gasteiger partial charge in [0.2, 0.25) is 5.91 Å². The zero-order valence-electron chi connectivity index (χ0n) is 14.7. The average Bonchev–Trinajstić information content (AvgIpc) is 2.97. The van der Waals surface area contributed by atoms with Crippen molar-refractivity contribution in [3.63, 3.8) is 0 Å². The molecule has 3 rings (SSSR count). The van der Waals surface area contributed by atoms with Crippen molar-refractivity contribution in [1.82, 2.24) is 4.90 Å². The molecule has 1 spiro atoms. The zero-order valence-corrected chi connectivity index (χ0v) is 14.7. The van der Waals surface area contributed by atoms with E-state index in [2.05, 4.69) is 30.1 Å². The summed E-state index contributed by atoms with van der Waals surface area (Å²) >= 11 is 0. The molecule has 1 unspecified atom stereocenters. The van der Waals surface area contributed by atoms with Crippen LogP contribution in [-0.4, -0.2) is 42.0 Å². The fourth-order valence-corrected chi connectivity index (χ4v) is 4.37. The third kappa shape index (κ3) is 2.42. The number of nitrogens with one attached hydrogen (secondary N) is 1. The number of anilines is 1. The van der Waals surface area contributed by atoms with Gasteiger partial charge in [-0.1, -0.05) is 18.2 Å². The second kappa shape index (κ2) is 6.20. The second-order valence-electron chi connectivity index (χ2n) is 7.11. The molecule has 130 valence electrons. The van der Waals surface area contributed by atoms with Gasteiger partial charge in [-0.3, -0.25) is 14.5 Å². The van der Waals surface area contributed by atoms with E-state index in [1.807, 2.05) is 25.1 Å². The quantitative estimate of drug-likeness (QED) is 0.843. The number of hydrogen-bond acceptors (Lipinski definition) is 4. The predicted molar refractivity (Wildman–Crippen MR) is 92.9 cm³/mol. The van der Waals surface area contributed by atoms with E-state index in [-0.39, 0.29) is 17.4 Å². The van der Waals surface area contributed by atoms with Crippen LogP contribution in [0.5, 0.6) is 0 Å². The Balaban J connectivity index is 1.77. The van der Waals surface area contributed by atoms with Gasteiger partial charge in [0.05, 0.1) is 12.0 Å². The molecule has 1 aromatic carbocycles. The molecular formula is C19H26N2O3. The highest BCUT2D eigenvalue weighted by molar-refractivity contribution is 6.07. The van der Waals surface area contributed by atoms with Crippen molar-refractivity contribution in [2.75, 3.05) is 25.0 Å². The van der Waals surface area contributed by atoms with E-state index in [1.165, 1.54) is 0 Å². The summed E-state index contributed by atoms with van der Waals surface area (Å²) < 4.78 is 4.99. The Bertz CT molecular complexity index is 656. The Morgan fingerprint density at radius 2 is 2.08 bits per heavy atom. The Morgan fingerprint density at radius 1 is 1.33 bits per heavy atom. The van der Waals surface area contributed by atoms with Crippen LogP contribution < -0.4 is 5.32 Å². The Labute approximate surface area is 143 Å². The smallest absolute Gasteiger partial charge is 0.305 e. The fraction of sp³-hybridized carbons (Fsp3) is 0.579. The number of nitrogens with zero attached hydrogens (tertiary/aromatic N) is 1. The lowest BCUT2D eigenvalue weighted by molar-refractivity contribution is -0.143. The SMILES string of the molecule is CCOC(=O)CCCN1CCC2(C(=O)Nc3ccccc32)C1(C)C. The van der Waals surface area contributed by atoms with Gasteiger partial charge < -0.3 is 10.1 Å². The van der Waals surface area contributed by atoms with Gasteiger partial charge in [-0.15, -0.1) is 0 Å². The van der Waals surface area contributed by atoms with Crippen LogP contribution in [0.2, 0.25) is 0 Å². The lowest BCUT2D eigenvalue weighted by atomic mass is 9.68. The number of amides is 1. The first-order valence-electron chi connectivity index (χ1n) is 8.75. The predicted octanol–water partition coefficient (Wildman–Crippen LogP) is 2.70. The monoisotopic (exact) mass is 330 g/mol. The molecule has 1 saturated heterocycles. The van der Waals surface area contributed by atoms with Crippen LogP contribution in [0.25, 0.3) is 0 Å². The number of benzene rings is 1. The summed E-state index contributed by atoms with van der Waals surface area (Å²) in [4.78, 5) is 26.8. The maximum absolute atomic E-state index is 12.9. The highest BCUT2D eigenvalue weighted by Gasteiger charge is 2.61. The standard InChI is InChI=1S/C19H26N2O3/c1-4-24-16(22)10-7-12-21-13-11-19(18(21,2)3)14-8-5-6-9-15(14)20-17(19)23/h5-6,8-9H,4,7,10-13H2,1-3H3,(H,20,23). The first-order chi connectivity index (χ1) is 11.4. The van der Waals surface area contributed by atoms with Gasteiger partial charge in [-0.2, -0.15) is 0 Å². The molecule has 0 aromatic heterocycles. The summed E-state index contributed by atoms with van der Waals surface area (Å²) in [5.41, 5.74) is 1.24. The topological polar surface area (TPSA) is 58.6 Å². The molecule has 0 bridgehead atoms. The summed E-state index contributed by atoms with van der Waals surface area (Å²) in [5.74, 6) is -0.0465. The molecule has 1 atom stereocenters. The van der Waals surface area contributed by atoms with Crippen molar-refractivity contribution in [3.05, 3.63) is 29.8 Å². The number of carbonyl (C=O) groups is 2. The first-order valence-corrected chi connectivity index (χ1v) is 8.75. The number of likely N-dealkylation sites (tertiary alicyclic amines) is 1. The van der Waals surface area contributed by atoms with Gasteiger partial charge in [0.1, 0.15) is 0 Å². The molecule has 2 heterocycles. The molecule has 0 aliphatic carbocycles. The Morgan fingerprint density at radius 3 is 2.83 bits per heavy atom. The van der Waals surface area contributed by atoms with Crippen LogP contribution in [0, 0.1) is 0 Å². The van der Waals surface area contributed by atoms with Crippen LogP contribution in [-0.2, 0) is 19.7 Å². The number of para-hydroxylation sites is 1. The summed E-state index contributed by atoms with van der Waals surface area (Å²) in [6.45, 7) is 8.19. The number of ether oxygens (including phenoxy) is 1. The van der Waals surface area contributed by atoms with E-state index >= 15 is 0 Å². The lowest BCUT2D eigenvalue weighted by Crippen LogP contribution is -2.55. The molecule has 24 heavy (non-hydrogen) atoms. The molecule has 2 aliphatic heterocycles. The Hall–Kier alpha value is -1.88.